The molecule has 0 aliphatic heterocycles. The second kappa shape index (κ2) is 2.10. The molecule has 0 amide bonds. The Balaban J connectivity index is 2.18. The maximum atomic E-state index is 11.0. The van der Waals surface area contributed by atoms with Crippen LogP contribution in [-0.2, 0) is 4.79 Å². The zero-order valence-corrected chi connectivity index (χ0v) is 6.47. The van der Waals surface area contributed by atoms with Gasteiger partial charge in [-0.05, 0) is 18.3 Å². The van der Waals surface area contributed by atoms with Crippen molar-refractivity contribution in [2.75, 3.05) is 0 Å². The standard InChI is InChI=1S/C9H12O2/c10-7-4-8(11)6-9(5-7)2-1-3-9/h4,10H,1-3,5-6H2. The van der Waals surface area contributed by atoms with Crippen molar-refractivity contribution in [3.8, 4) is 0 Å². The molecule has 11 heavy (non-hydrogen) atoms. The average Bonchev–Trinajstić information content (AvgIpc) is 1.82. The van der Waals surface area contributed by atoms with Crippen LogP contribution in [0.4, 0.5) is 0 Å². The van der Waals surface area contributed by atoms with Gasteiger partial charge in [0, 0.05) is 18.9 Å². The molecule has 0 aromatic heterocycles. The van der Waals surface area contributed by atoms with E-state index in [2.05, 4.69) is 0 Å². The summed E-state index contributed by atoms with van der Waals surface area (Å²) in [7, 11) is 0. The van der Waals surface area contributed by atoms with Gasteiger partial charge >= 0.3 is 0 Å². The molecular formula is C9H12O2. The van der Waals surface area contributed by atoms with Crippen LogP contribution in [-0.4, -0.2) is 10.9 Å². The maximum absolute atomic E-state index is 11.0. The molecule has 60 valence electrons. The van der Waals surface area contributed by atoms with Gasteiger partial charge in [-0.2, -0.15) is 0 Å². The molecule has 0 aromatic carbocycles. The number of rotatable bonds is 0. The lowest BCUT2D eigenvalue weighted by molar-refractivity contribution is -0.119. The minimum absolute atomic E-state index is 0.105. The van der Waals surface area contributed by atoms with E-state index >= 15 is 0 Å². The lowest BCUT2D eigenvalue weighted by Gasteiger charge is -2.42. The number of carbonyl (C=O) groups excluding carboxylic acids is 1. The number of hydrogen-bond donors (Lipinski definition) is 1. The summed E-state index contributed by atoms with van der Waals surface area (Å²) in [6.45, 7) is 0. The molecule has 0 saturated heterocycles. The quantitative estimate of drug-likeness (QED) is 0.576. The van der Waals surface area contributed by atoms with Gasteiger partial charge in [0.1, 0.15) is 0 Å². The first kappa shape index (κ1) is 6.89. The minimum Gasteiger partial charge on any atom is -0.512 e. The van der Waals surface area contributed by atoms with Crippen LogP contribution in [0.5, 0.6) is 0 Å². The molecule has 2 aliphatic rings. The van der Waals surface area contributed by atoms with Crippen LogP contribution in [0.1, 0.15) is 32.1 Å². The van der Waals surface area contributed by atoms with Crippen molar-refractivity contribution in [3.05, 3.63) is 11.8 Å². The van der Waals surface area contributed by atoms with Gasteiger partial charge in [0.25, 0.3) is 0 Å². The van der Waals surface area contributed by atoms with Crippen LogP contribution >= 0.6 is 0 Å². The third-order valence-corrected chi connectivity index (χ3v) is 2.85. The van der Waals surface area contributed by atoms with Crippen LogP contribution in [0.3, 0.4) is 0 Å². The molecule has 0 heterocycles. The fraction of sp³-hybridized carbons (Fsp3) is 0.667. The Morgan fingerprint density at radius 2 is 2.09 bits per heavy atom. The molecule has 0 atom stereocenters. The molecule has 0 radical (unpaired) electrons. The summed E-state index contributed by atoms with van der Waals surface area (Å²) in [6, 6.07) is 0. The summed E-state index contributed by atoms with van der Waals surface area (Å²) in [6.07, 6.45) is 6.24. The van der Waals surface area contributed by atoms with Crippen LogP contribution < -0.4 is 0 Å². The number of allylic oxidation sites excluding steroid dienone is 2. The van der Waals surface area contributed by atoms with Crippen molar-refractivity contribution in [2.45, 2.75) is 32.1 Å². The molecule has 0 bridgehead atoms. The monoisotopic (exact) mass is 152 g/mol. The fourth-order valence-corrected chi connectivity index (χ4v) is 2.13. The number of carbonyl (C=O) groups is 1. The smallest absolute Gasteiger partial charge is 0.159 e. The highest BCUT2D eigenvalue weighted by Crippen LogP contribution is 2.50. The SMILES string of the molecule is O=C1C=C(O)CC2(CCC2)C1. The van der Waals surface area contributed by atoms with E-state index in [1.165, 1.54) is 12.5 Å². The lowest BCUT2D eigenvalue weighted by Crippen LogP contribution is -2.34. The largest absolute Gasteiger partial charge is 0.512 e. The van der Waals surface area contributed by atoms with E-state index in [4.69, 9.17) is 0 Å². The van der Waals surface area contributed by atoms with Gasteiger partial charge in [-0.1, -0.05) is 6.42 Å². The molecule has 0 aromatic rings. The Morgan fingerprint density at radius 1 is 1.36 bits per heavy atom. The van der Waals surface area contributed by atoms with Crippen molar-refractivity contribution >= 4 is 5.78 Å². The number of hydrogen-bond acceptors (Lipinski definition) is 2. The van der Waals surface area contributed by atoms with Crippen molar-refractivity contribution in [3.63, 3.8) is 0 Å². The molecule has 2 aliphatic carbocycles. The molecule has 0 unspecified atom stereocenters. The van der Waals surface area contributed by atoms with Gasteiger partial charge < -0.3 is 5.11 Å². The Bertz CT molecular complexity index is 224. The Morgan fingerprint density at radius 3 is 2.55 bits per heavy atom. The fourth-order valence-electron chi connectivity index (χ4n) is 2.13. The number of aliphatic hydroxyl groups is 1. The Hall–Kier alpha value is -0.790. The molecule has 2 heteroatoms. The first-order chi connectivity index (χ1) is 5.20. The van der Waals surface area contributed by atoms with E-state index in [0.717, 1.165) is 19.3 Å². The van der Waals surface area contributed by atoms with E-state index in [1.54, 1.807) is 0 Å². The zero-order chi connectivity index (χ0) is 7.90. The third kappa shape index (κ3) is 1.06. The second-order valence-electron chi connectivity index (χ2n) is 3.81. The van der Waals surface area contributed by atoms with Gasteiger partial charge in [0.2, 0.25) is 0 Å². The highest BCUT2D eigenvalue weighted by Gasteiger charge is 2.41. The Labute approximate surface area is 65.9 Å². The summed E-state index contributed by atoms with van der Waals surface area (Å²) < 4.78 is 0. The molecule has 2 rings (SSSR count). The lowest BCUT2D eigenvalue weighted by atomic mass is 9.62. The molecular weight excluding hydrogens is 140 g/mol. The second-order valence-corrected chi connectivity index (χ2v) is 3.81. The van der Waals surface area contributed by atoms with Gasteiger partial charge in [-0.3, -0.25) is 4.79 Å². The summed E-state index contributed by atoms with van der Waals surface area (Å²) in [5.41, 5.74) is 0.177. The normalized spacial score (nSPS) is 28.0. The first-order valence-corrected chi connectivity index (χ1v) is 4.13. The van der Waals surface area contributed by atoms with Crippen molar-refractivity contribution in [1.82, 2.24) is 0 Å². The van der Waals surface area contributed by atoms with Crippen LogP contribution in [0, 0.1) is 5.41 Å². The van der Waals surface area contributed by atoms with E-state index in [0.29, 0.717) is 12.2 Å². The summed E-state index contributed by atoms with van der Waals surface area (Å²) in [4.78, 5) is 11.0. The third-order valence-electron chi connectivity index (χ3n) is 2.85. The van der Waals surface area contributed by atoms with Gasteiger partial charge in [-0.15, -0.1) is 0 Å². The number of aliphatic hydroxyl groups excluding tert-OH is 1. The number of ketones is 1. The van der Waals surface area contributed by atoms with E-state index < -0.39 is 0 Å². The molecule has 1 fully saturated rings. The van der Waals surface area contributed by atoms with Crippen LogP contribution in [0.25, 0.3) is 0 Å². The van der Waals surface area contributed by atoms with E-state index in [9.17, 15) is 9.90 Å². The van der Waals surface area contributed by atoms with E-state index in [-0.39, 0.29) is 11.2 Å². The summed E-state index contributed by atoms with van der Waals surface area (Å²) in [5, 5.41) is 9.22. The highest BCUT2D eigenvalue weighted by molar-refractivity contribution is 5.91. The first-order valence-electron chi connectivity index (χ1n) is 4.13. The predicted molar refractivity (Wildman–Crippen MR) is 41.2 cm³/mol. The van der Waals surface area contributed by atoms with Gasteiger partial charge in [-0.25, -0.2) is 0 Å². The zero-order valence-electron chi connectivity index (χ0n) is 6.47. The van der Waals surface area contributed by atoms with Gasteiger partial charge in [0.05, 0.1) is 5.76 Å². The van der Waals surface area contributed by atoms with Crippen molar-refractivity contribution < 1.29 is 9.90 Å². The average molecular weight is 152 g/mol. The van der Waals surface area contributed by atoms with Crippen LogP contribution in [0.2, 0.25) is 0 Å². The summed E-state index contributed by atoms with van der Waals surface area (Å²) >= 11 is 0. The Kier molecular flexibility index (Phi) is 1.31. The molecule has 1 N–H and O–H groups in total. The van der Waals surface area contributed by atoms with Crippen molar-refractivity contribution in [1.29, 1.82) is 0 Å². The molecule has 1 saturated carbocycles. The highest BCUT2D eigenvalue weighted by atomic mass is 16.3. The summed E-state index contributed by atoms with van der Waals surface area (Å²) in [5.74, 6) is 0.398. The molecule has 1 spiro atoms. The van der Waals surface area contributed by atoms with E-state index in [1.807, 2.05) is 0 Å². The minimum atomic E-state index is 0.105. The topological polar surface area (TPSA) is 37.3 Å². The van der Waals surface area contributed by atoms with Crippen molar-refractivity contribution in [2.24, 2.45) is 5.41 Å². The maximum Gasteiger partial charge on any atom is 0.159 e. The molecule has 2 nitrogen and oxygen atoms in total. The van der Waals surface area contributed by atoms with Crippen LogP contribution in [0.15, 0.2) is 11.8 Å². The van der Waals surface area contributed by atoms with Gasteiger partial charge in [0.15, 0.2) is 5.78 Å². The predicted octanol–water partition coefficient (Wildman–Crippen LogP) is 1.96.